The summed E-state index contributed by atoms with van der Waals surface area (Å²) in [6.45, 7) is 5.05. The number of hydrogen-bond acceptors (Lipinski definition) is 9. The molecule has 15 heteroatoms. The van der Waals surface area contributed by atoms with Crippen molar-refractivity contribution in [2.45, 2.75) is 71.0 Å². The molecule has 1 aromatic heterocycles. The minimum absolute atomic E-state index is 0.0482. The molecule has 2 heterocycles. The molecule has 0 radical (unpaired) electrons. The first-order valence-electron chi connectivity index (χ1n) is 22.5. The van der Waals surface area contributed by atoms with Crippen LogP contribution in [0.1, 0.15) is 55.4 Å². The zero-order valence-electron chi connectivity index (χ0n) is 37.7. The van der Waals surface area contributed by atoms with Gasteiger partial charge in [0, 0.05) is 64.9 Å². The van der Waals surface area contributed by atoms with E-state index in [1.807, 2.05) is 84.9 Å². The number of hydrogen-bond donors (Lipinski definition) is 6. The van der Waals surface area contributed by atoms with Gasteiger partial charge < -0.3 is 46.4 Å². The van der Waals surface area contributed by atoms with Crippen LogP contribution in [0.5, 0.6) is 0 Å². The van der Waals surface area contributed by atoms with Crippen LogP contribution in [-0.2, 0) is 59.3 Å². The topological polar surface area (TPSA) is 214 Å². The summed E-state index contributed by atoms with van der Waals surface area (Å²) in [6, 6.07) is 30.7. The Morgan fingerprint density at radius 1 is 0.758 bits per heavy atom. The Morgan fingerprint density at radius 2 is 1.48 bits per heavy atom. The molecule has 5 aromatic rings. The van der Waals surface area contributed by atoms with E-state index in [0.29, 0.717) is 50.1 Å². The van der Waals surface area contributed by atoms with Crippen molar-refractivity contribution in [2.75, 3.05) is 45.9 Å². The lowest BCUT2D eigenvalue weighted by atomic mass is 9.74. The molecule has 0 spiro atoms. The number of fused-ring (bicyclic) bond motifs is 1. The highest BCUT2D eigenvalue weighted by atomic mass is 16.5. The summed E-state index contributed by atoms with van der Waals surface area (Å²) in [7, 11) is 0. The number of amides is 6. The lowest BCUT2D eigenvalue weighted by Gasteiger charge is -2.42. The second-order valence-electron chi connectivity index (χ2n) is 16.8. The third-order valence-corrected chi connectivity index (χ3v) is 11.9. The maximum Gasteiger partial charge on any atom is 0.243 e. The fourth-order valence-corrected chi connectivity index (χ4v) is 8.38. The molecule has 6 rings (SSSR count). The normalized spacial score (nSPS) is 15.6. The number of nitrogens with one attached hydrogen (secondary N) is 5. The van der Waals surface area contributed by atoms with Gasteiger partial charge in [0.2, 0.25) is 35.4 Å². The number of likely N-dealkylation sites (tertiary alicyclic amines) is 1. The van der Waals surface area contributed by atoms with Gasteiger partial charge in [-0.1, -0.05) is 84.9 Å². The average Bonchev–Trinajstić information content (AvgIpc) is 3.79. The van der Waals surface area contributed by atoms with E-state index in [1.54, 1.807) is 23.3 Å². The molecule has 1 aliphatic rings. The second kappa shape index (κ2) is 23.9. The van der Waals surface area contributed by atoms with Gasteiger partial charge in [0.05, 0.1) is 31.3 Å². The molecule has 1 saturated heterocycles. The third kappa shape index (κ3) is 13.8. The van der Waals surface area contributed by atoms with Gasteiger partial charge in [-0.25, -0.2) is 0 Å². The molecular weight excluding hydrogens is 839 g/mol. The van der Waals surface area contributed by atoms with E-state index < -0.39 is 35.2 Å². The molecule has 7 N–H and O–H groups in total. The minimum Gasteiger partial charge on any atom is -0.464 e. The van der Waals surface area contributed by atoms with Gasteiger partial charge >= 0.3 is 0 Å². The summed E-state index contributed by atoms with van der Waals surface area (Å²) in [6.07, 6.45) is 3.47. The number of nitrogens with two attached hydrogens (primary N) is 1. The van der Waals surface area contributed by atoms with Gasteiger partial charge in [0.25, 0.3) is 0 Å². The molecule has 0 aliphatic carbocycles. The highest BCUT2D eigenvalue weighted by Crippen LogP contribution is 2.35. The first-order valence-corrected chi connectivity index (χ1v) is 22.5. The molecule has 3 atom stereocenters. The Morgan fingerprint density at radius 3 is 2.23 bits per heavy atom. The number of ether oxygens (including phenoxy) is 1. The second-order valence-corrected chi connectivity index (χ2v) is 16.8. The fourth-order valence-electron chi connectivity index (χ4n) is 8.38. The lowest BCUT2D eigenvalue weighted by molar-refractivity contribution is -0.142. The quantitative estimate of drug-likeness (QED) is 0.0554. The first-order chi connectivity index (χ1) is 31.9. The van der Waals surface area contributed by atoms with Gasteiger partial charge in [-0.05, 0) is 77.3 Å². The smallest absolute Gasteiger partial charge is 0.243 e. The monoisotopic (exact) mass is 899 g/mol. The lowest BCUT2D eigenvalue weighted by Crippen LogP contribution is -2.58. The van der Waals surface area contributed by atoms with Crippen molar-refractivity contribution in [2.24, 2.45) is 11.1 Å². The van der Waals surface area contributed by atoms with Crippen LogP contribution < -0.4 is 32.3 Å². The van der Waals surface area contributed by atoms with Crippen molar-refractivity contribution < 1.29 is 37.9 Å². The van der Waals surface area contributed by atoms with Crippen LogP contribution in [0.15, 0.2) is 114 Å². The van der Waals surface area contributed by atoms with E-state index in [9.17, 15) is 28.8 Å². The molecule has 4 aromatic carbocycles. The van der Waals surface area contributed by atoms with Crippen LogP contribution in [0.2, 0.25) is 0 Å². The van der Waals surface area contributed by atoms with Crippen LogP contribution in [-0.4, -0.2) is 98.4 Å². The average molecular weight is 900 g/mol. The first kappa shape index (κ1) is 48.6. The van der Waals surface area contributed by atoms with Gasteiger partial charge in [0.15, 0.2) is 0 Å². The highest BCUT2D eigenvalue weighted by molar-refractivity contribution is 5.92. The van der Waals surface area contributed by atoms with Crippen molar-refractivity contribution >= 4 is 46.4 Å². The standard InChI is InChI=1S/C51H61N7O8/c1-35(59)53-23-19-44(48(62)54-24-28-65-27-22-52)56-47(61)31-40-11-6-7-12-43(40)33-55-49(63)45(29-37-13-15-39(16-14-37)41-17-18-46-42(30-41)20-26-66-46)57-50(64)51(32-38-9-4-3-5-10-38)21-8-25-58(34-51)36(2)60/h3-7,9-18,20,26,30,44-45H,8,19,21-25,27-29,31-34,52H2,1-2H3,(H,53,59)(H,54,62)(H,55,63)(H,56,61)(H,57,64)/t44-,45-,51-/m0/s1. The number of nitrogens with zero attached hydrogens (tertiary/aromatic N) is 1. The van der Waals surface area contributed by atoms with Crippen molar-refractivity contribution in [1.82, 2.24) is 31.5 Å². The predicted molar refractivity (Wildman–Crippen MR) is 251 cm³/mol. The number of carbonyl (C=O) groups excluding carboxylic acids is 6. The number of carbonyl (C=O) groups is 6. The Bertz CT molecular complexity index is 2440. The van der Waals surface area contributed by atoms with E-state index in [2.05, 4.69) is 32.7 Å². The van der Waals surface area contributed by atoms with Crippen LogP contribution >= 0.6 is 0 Å². The highest BCUT2D eigenvalue weighted by Gasteiger charge is 2.44. The summed E-state index contributed by atoms with van der Waals surface area (Å²) in [5.41, 5.74) is 10.4. The van der Waals surface area contributed by atoms with Crippen molar-refractivity contribution in [3.63, 3.8) is 0 Å². The Balaban J connectivity index is 1.19. The van der Waals surface area contributed by atoms with Gasteiger partial charge in [-0.3, -0.25) is 28.8 Å². The van der Waals surface area contributed by atoms with E-state index in [1.165, 1.54) is 13.8 Å². The molecular formula is C51H61N7O8. The Labute approximate surface area is 385 Å². The summed E-state index contributed by atoms with van der Waals surface area (Å²) >= 11 is 0. The van der Waals surface area contributed by atoms with E-state index >= 15 is 0 Å². The fraction of sp³-hybridized carbons (Fsp3) is 0.373. The number of piperidine rings is 1. The van der Waals surface area contributed by atoms with Crippen molar-refractivity contribution in [3.8, 4) is 11.1 Å². The van der Waals surface area contributed by atoms with Crippen molar-refractivity contribution in [3.05, 3.63) is 132 Å². The molecule has 1 aliphatic heterocycles. The largest absolute Gasteiger partial charge is 0.464 e. The zero-order valence-corrected chi connectivity index (χ0v) is 37.7. The van der Waals surface area contributed by atoms with E-state index in [0.717, 1.165) is 33.2 Å². The Kier molecular flexibility index (Phi) is 17.6. The summed E-state index contributed by atoms with van der Waals surface area (Å²) in [5, 5.41) is 15.4. The zero-order chi connectivity index (χ0) is 46.9. The van der Waals surface area contributed by atoms with Crippen LogP contribution in [0.25, 0.3) is 22.1 Å². The summed E-state index contributed by atoms with van der Waals surface area (Å²) in [4.78, 5) is 81.8. The van der Waals surface area contributed by atoms with E-state index in [-0.39, 0.29) is 69.8 Å². The molecule has 15 nitrogen and oxygen atoms in total. The number of rotatable bonds is 22. The Hall–Kier alpha value is -6.84. The van der Waals surface area contributed by atoms with E-state index in [4.69, 9.17) is 14.9 Å². The molecule has 0 saturated carbocycles. The SMILES string of the molecule is CC(=O)NCC[C@H](NC(=O)Cc1ccccc1CNC(=O)[C@H](Cc1ccc(-c2ccc3occc3c2)cc1)NC(=O)[C@]1(Cc2ccccc2)CCCN(C(C)=O)C1)C(=O)NCCOCCN. The molecule has 6 amide bonds. The predicted octanol–water partition coefficient (Wildman–Crippen LogP) is 3.96. The molecule has 1 fully saturated rings. The third-order valence-electron chi connectivity index (χ3n) is 11.9. The van der Waals surface area contributed by atoms with Gasteiger partial charge in [-0.2, -0.15) is 0 Å². The van der Waals surface area contributed by atoms with Crippen LogP contribution in [0, 0.1) is 5.41 Å². The number of benzene rings is 4. The summed E-state index contributed by atoms with van der Waals surface area (Å²) in [5.74, 6) is -1.94. The van der Waals surface area contributed by atoms with Crippen molar-refractivity contribution in [1.29, 1.82) is 0 Å². The molecule has 0 unspecified atom stereocenters. The maximum atomic E-state index is 14.8. The molecule has 348 valence electrons. The number of furan rings is 1. The van der Waals surface area contributed by atoms with Gasteiger partial charge in [-0.15, -0.1) is 0 Å². The molecule has 66 heavy (non-hydrogen) atoms. The summed E-state index contributed by atoms with van der Waals surface area (Å²) < 4.78 is 10.9. The van der Waals surface area contributed by atoms with Gasteiger partial charge in [0.1, 0.15) is 17.7 Å². The van der Waals surface area contributed by atoms with Crippen LogP contribution in [0.3, 0.4) is 0 Å². The van der Waals surface area contributed by atoms with Crippen LogP contribution in [0.4, 0.5) is 0 Å². The minimum atomic E-state index is -0.995. The maximum absolute atomic E-state index is 14.8. The molecule has 0 bridgehead atoms.